The van der Waals surface area contributed by atoms with Crippen molar-refractivity contribution in [3.63, 3.8) is 0 Å². The van der Waals surface area contributed by atoms with E-state index in [1.54, 1.807) is 6.07 Å². The van der Waals surface area contributed by atoms with Gasteiger partial charge in [-0.1, -0.05) is 29.5 Å². The molecule has 1 aliphatic rings. The molecule has 1 fully saturated rings. The van der Waals surface area contributed by atoms with E-state index in [0.717, 1.165) is 51.3 Å². The molecule has 1 amide bonds. The highest BCUT2D eigenvalue weighted by atomic mass is 32.1. The molecular weight excluding hydrogens is 361 g/mol. The highest BCUT2D eigenvalue weighted by Crippen LogP contribution is 2.30. The molecule has 1 saturated carbocycles. The number of aryl methyl sites for hydroxylation is 2. The molecule has 0 aliphatic heterocycles. The minimum Gasteiger partial charge on any atom is -0.357 e. The first-order chi connectivity index (χ1) is 13.0. The van der Waals surface area contributed by atoms with E-state index in [2.05, 4.69) is 15.6 Å². The van der Waals surface area contributed by atoms with Gasteiger partial charge in [0.25, 0.3) is 5.91 Å². The third kappa shape index (κ3) is 3.67. The standard InChI is InChI=1S/C21H22FN3OS/c1-12-5-3-6-13(2)19(12)20(26)23-15-7-4-8-16(15)24-21-25-17-10-9-14(22)11-18(17)27-21/h3,5-6,9-11,15-16H,4,7-8H2,1-2H3,(H,23,26)(H,24,25)/t15-,16+/m1/s1. The molecule has 0 spiro atoms. The van der Waals surface area contributed by atoms with Crippen LogP contribution in [0, 0.1) is 19.7 Å². The van der Waals surface area contributed by atoms with Crippen LogP contribution in [0.2, 0.25) is 0 Å². The first-order valence-electron chi connectivity index (χ1n) is 9.21. The second-order valence-electron chi connectivity index (χ2n) is 7.16. The minimum absolute atomic E-state index is 0.0179. The number of rotatable bonds is 4. The van der Waals surface area contributed by atoms with E-state index in [0.29, 0.717) is 0 Å². The Kier molecular flexibility index (Phi) is 4.83. The lowest BCUT2D eigenvalue weighted by Gasteiger charge is -2.22. The Bertz CT molecular complexity index is 980. The molecule has 1 aromatic heterocycles. The first-order valence-corrected chi connectivity index (χ1v) is 10.0. The number of thiazole rings is 1. The summed E-state index contributed by atoms with van der Waals surface area (Å²) in [6, 6.07) is 10.7. The van der Waals surface area contributed by atoms with Gasteiger partial charge in [-0.25, -0.2) is 9.37 Å². The molecule has 0 unspecified atom stereocenters. The SMILES string of the molecule is Cc1cccc(C)c1C(=O)N[C@@H]1CCC[C@@H]1Nc1nc2ccc(F)cc2s1. The molecule has 2 aromatic carbocycles. The third-order valence-corrected chi connectivity index (χ3v) is 6.15. The van der Waals surface area contributed by atoms with Gasteiger partial charge in [0.2, 0.25) is 0 Å². The van der Waals surface area contributed by atoms with Crippen molar-refractivity contribution >= 4 is 32.6 Å². The number of benzene rings is 2. The maximum Gasteiger partial charge on any atom is 0.252 e. The molecule has 140 valence electrons. The Balaban J connectivity index is 1.49. The van der Waals surface area contributed by atoms with Gasteiger partial charge in [0.15, 0.2) is 5.13 Å². The van der Waals surface area contributed by atoms with Gasteiger partial charge in [-0.2, -0.15) is 0 Å². The molecular formula is C21H22FN3OS. The highest BCUT2D eigenvalue weighted by molar-refractivity contribution is 7.22. The number of hydrogen-bond donors (Lipinski definition) is 2. The Hall–Kier alpha value is -2.47. The zero-order chi connectivity index (χ0) is 19.0. The van der Waals surface area contributed by atoms with Gasteiger partial charge in [0.05, 0.1) is 10.2 Å². The highest BCUT2D eigenvalue weighted by Gasteiger charge is 2.30. The lowest BCUT2D eigenvalue weighted by atomic mass is 10.0. The summed E-state index contributed by atoms with van der Waals surface area (Å²) < 4.78 is 14.2. The van der Waals surface area contributed by atoms with Crippen molar-refractivity contribution in [2.75, 3.05) is 5.32 Å². The number of anilines is 1. The summed E-state index contributed by atoms with van der Waals surface area (Å²) in [5.74, 6) is -0.270. The number of fused-ring (bicyclic) bond motifs is 1. The monoisotopic (exact) mass is 383 g/mol. The van der Waals surface area contributed by atoms with Gasteiger partial charge in [-0.05, 0) is 62.4 Å². The largest absolute Gasteiger partial charge is 0.357 e. The van der Waals surface area contributed by atoms with Crippen LogP contribution in [0.3, 0.4) is 0 Å². The number of aromatic nitrogens is 1. The van der Waals surface area contributed by atoms with Crippen molar-refractivity contribution in [2.24, 2.45) is 0 Å². The topological polar surface area (TPSA) is 54.0 Å². The maximum atomic E-state index is 13.4. The van der Waals surface area contributed by atoms with Crippen LogP contribution in [0.1, 0.15) is 40.7 Å². The third-order valence-electron chi connectivity index (χ3n) is 5.20. The van der Waals surface area contributed by atoms with E-state index in [9.17, 15) is 9.18 Å². The number of nitrogens with one attached hydrogen (secondary N) is 2. The number of carbonyl (C=O) groups excluding carboxylic acids is 1. The van der Waals surface area contributed by atoms with E-state index in [4.69, 9.17) is 0 Å². The Labute approximate surface area is 161 Å². The van der Waals surface area contributed by atoms with Crippen molar-refractivity contribution in [3.8, 4) is 0 Å². The molecule has 4 rings (SSSR count). The number of hydrogen-bond acceptors (Lipinski definition) is 4. The molecule has 2 N–H and O–H groups in total. The van der Waals surface area contributed by atoms with Gasteiger partial charge in [0.1, 0.15) is 5.82 Å². The smallest absolute Gasteiger partial charge is 0.252 e. The minimum atomic E-state index is -0.252. The van der Waals surface area contributed by atoms with Crippen molar-refractivity contribution in [2.45, 2.75) is 45.2 Å². The van der Waals surface area contributed by atoms with Crippen molar-refractivity contribution < 1.29 is 9.18 Å². The lowest BCUT2D eigenvalue weighted by Crippen LogP contribution is -2.43. The second-order valence-corrected chi connectivity index (χ2v) is 8.19. The van der Waals surface area contributed by atoms with Gasteiger partial charge in [-0.3, -0.25) is 4.79 Å². The predicted octanol–water partition coefficient (Wildman–Crippen LogP) is 4.82. The van der Waals surface area contributed by atoms with Crippen LogP contribution in [0.4, 0.5) is 9.52 Å². The summed E-state index contributed by atoms with van der Waals surface area (Å²) >= 11 is 1.45. The van der Waals surface area contributed by atoms with Crippen LogP contribution in [0.25, 0.3) is 10.2 Å². The zero-order valence-electron chi connectivity index (χ0n) is 15.4. The number of carbonyl (C=O) groups is 1. The fourth-order valence-electron chi connectivity index (χ4n) is 3.84. The quantitative estimate of drug-likeness (QED) is 0.679. The van der Waals surface area contributed by atoms with E-state index in [1.807, 2.05) is 32.0 Å². The molecule has 4 nitrogen and oxygen atoms in total. The molecule has 3 aromatic rings. The Morgan fingerprint density at radius 2 is 1.89 bits per heavy atom. The number of nitrogens with zero attached hydrogens (tertiary/aromatic N) is 1. The van der Waals surface area contributed by atoms with E-state index in [1.165, 1.54) is 23.5 Å². The summed E-state index contributed by atoms with van der Waals surface area (Å²) in [6.07, 6.45) is 2.96. The van der Waals surface area contributed by atoms with Gasteiger partial charge in [0, 0.05) is 17.6 Å². The maximum absolute atomic E-state index is 13.4. The summed E-state index contributed by atoms with van der Waals surface area (Å²) in [5, 5.41) is 7.43. The molecule has 1 heterocycles. The second kappa shape index (κ2) is 7.27. The number of amides is 1. The van der Waals surface area contributed by atoms with E-state index < -0.39 is 0 Å². The molecule has 0 radical (unpaired) electrons. The lowest BCUT2D eigenvalue weighted by molar-refractivity contribution is 0.0934. The molecule has 2 atom stereocenters. The average Bonchev–Trinajstić information content (AvgIpc) is 3.21. The summed E-state index contributed by atoms with van der Waals surface area (Å²) in [4.78, 5) is 17.4. The van der Waals surface area contributed by atoms with Crippen LogP contribution < -0.4 is 10.6 Å². The molecule has 6 heteroatoms. The Morgan fingerprint density at radius 1 is 1.15 bits per heavy atom. The van der Waals surface area contributed by atoms with Crippen LogP contribution >= 0.6 is 11.3 Å². The molecule has 0 saturated heterocycles. The van der Waals surface area contributed by atoms with Crippen molar-refractivity contribution in [1.82, 2.24) is 10.3 Å². The number of halogens is 1. The molecule has 0 bridgehead atoms. The Morgan fingerprint density at radius 3 is 2.67 bits per heavy atom. The molecule has 27 heavy (non-hydrogen) atoms. The normalized spacial score (nSPS) is 19.4. The van der Waals surface area contributed by atoms with Gasteiger partial charge in [-0.15, -0.1) is 0 Å². The predicted molar refractivity (Wildman–Crippen MR) is 108 cm³/mol. The fraction of sp³-hybridized carbons (Fsp3) is 0.333. The summed E-state index contributed by atoms with van der Waals surface area (Å²) in [7, 11) is 0. The van der Waals surface area contributed by atoms with Gasteiger partial charge >= 0.3 is 0 Å². The van der Waals surface area contributed by atoms with E-state index in [-0.39, 0.29) is 23.8 Å². The zero-order valence-corrected chi connectivity index (χ0v) is 16.2. The first kappa shape index (κ1) is 17.9. The average molecular weight is 383 g/mol. The summed E-state index contributed by atoms with van der Waals surface area (Å²) in [6.45, 7) is 3.93. The van der Waals surface area contributed by atoms with Crippen LogP contribution in [0.15, 0.2) is 36.4 Å². The van der Waals surface area contributed by atoms with Crippen molar-refractivity contribution in [3.05, 3.63) is 58.9 Å². The molecule has 1 aliphatic carbocycles. The van der Waals surface area contributed by atoms with Crippen LogP contribution in [-0.4, -0.2) is 23.0 Å². The summed E-state index contributed by atoms with van der Waals surface area (Å²) in [5.41, 5.74) is 3.53. The fourth-order valence-corrected chi connectivity index (χ4v) is 4.79. The van der Waals surface area contributed by atoms with Crippen LogP contribution in [-0.2, 0) is 0 Å². The van der Waals surface area contributed by atoms with E-state index >= 15 is 0 Å². The van der Waals surface area contributed by atoms with Gasteiger partial charge < -0.3 is 10.6 Å². The van der Waals surface area contributed by atoms with Crippen LogP contribution in [0.5, 0.6) is 0 Å². The van der Waals surface area contributed by atoms with Crippen molar-refractivity contribution in [1.29, 1.82) is 0 Å².